The molecule has 0 aromatic heterocycles. The van der Waals surface area contributed by atoms with Gasteiger partial charge in [0, 0.05) is 13.3 Å². The Morgan fingerprint density at radius 2 is 1.61 bits per heavy atom. The second-order valence-corrected chi connectivity index (χ2v) is 4.07. The highest BCUT2D eigenvalue weighted by molar-refractivity contribution is 5.79. The van der Waals surface area contributed by atoms with Gasteiger partial charge < -0.3 is 4.74 Å². The molecule has 0 aliphatic heterocycles. The summed E-state index contributed by atoms with van der Waals surface area (Å²) >= 11 is 0. The summed E-state index contributed by atoms with van der Waals surface area (Å²) in [6.07, 6.45) is 1.90. The van der Waals surface area contributed by atoms with E-state index in [1.807, 2.05) is 54.7 Å². The van der Waals surface area contributed by atoms with Gasteiger partial charge in [0.15, 0.2) is 0 Å². The summed E-state index contributed by atoms with van der Waals surface area (Å²) in [6.45, 7) is 0.591. The number of rotatable bonds is 5. The van der Waals surface area contributed by atoms with Crippen LogP contribution in [-0.4, -0.2) is 19.9 Å². The Labute approximate surface area is 108 Å². The predicted octanol–water partition coefficient (Wildman–Crippen LogP) is 3.49. The lowest BCUT2D eigenvalue weighted by Gasteiger charge is -2.11. The summed E-state index contributed by atoms with van der Waals surface area (Å²) in [5.74, 6) is 0. The van der Waals surface area contributed by atoms with E-state index in [1.165, 1.54) is 5.56 Å². The number of hydrogen-bond acceptors (Lipinski definition) is 2. The number of nitrogens with zero attached hydrogens (tertiary/aromatic N) is 1. The van der Waals surface area contributed by atoms with Gasteiger partial charge in [0.05, 0.1) is 12.6 Å². The highest BCUT2D eigenvalue weighted by Gasteiger charge is 2.07. The van der Waals surface area contributed by atoms with Crippen molar-refractivity contribution in [2.45, 2.75) is 6.04 Å². The van der Waals surface area contributed by atoms with Crippen LogP contribution in [0.4, 0.5) is 0 Å². The zero-order chi connectivity index (χ0) is 12.6. The van der Waals surface area contributed by atoms with Crippen LogP contribution in [0.3, 0.4) is 0 Å². The Morgan fingerprint density at radius 1 is 1.00 bits per heavy atom. The van der Waals surface area contributed by atoms with E-state index in [0.29, 0.717) is 6.61 Å². The van der Waals surface area contributed by atoms with E-state index in [-0.39, 0.29) is 6.04 Å². The van der Waals surface area contributed by atoms with E-state index in [9.17, 15) is 0 Å². The fourth-order valence-electron chi connectivity index (χ4n) is 1.77. The van der Waals surface area contributed by atoms with Crippen LogP contribution in [0, 0.1) is 0 Å². The molecule has 1 atom stereocenters. The number of hydrogen-bond donors (Lipinski definition) is 0. The maximum absolute atomic E-state index is 5.23. The summed E-state index contributed by atoms with van der Waals surface area (Å²) in [4.78, 5) is 4.60. The molecule has 0 heterocycles. The van der Waals surface area contributed by atoms with E-state index in [0.717, 1.165) is 5.56 Å². The lowest BCUT2D eigenvalue weighted by atomic mass is 10.1. The average Bonchev–Trinajstić information content (AvgIpc) is 2.45. The number of aliphatic imine (C=N–C) groups is 1. The predicted molar refractivity (Wildman–Crippen MR) is 75.1 cm³/mol. The molecule has 2 aromatic rings. The minimum absolute atomic E-state index is 0.0522. The molecule has 0 radical (unpaired) electrons. The number of benzene rings is 2. The molecule has 0 N–H and O–H groups in total. The first-order valence-electron chi connectivity index (χ1n) is 6.02. The van der Waals surface area contributed by atoms with Crippen molar-refractivity contribution in [3.05, 3.63) is 71.8 Å². The van der Waals surface area contributed by atoms with Gasteiger partial charge in [-0.3, -0.25) is 4.99 Å². The Morgan fingerprint density at radius 3 is 2.22 bits per heavy atom. The van der Waals surface area contributed by atoms with Gasteiger partial charge in [0.25, 0.3) is 0 Å². The smallest absolute Gasteiger partial charge is 0.0982 e. The maximum Gasteiger partial charge on any atom is 0.0982 e. The molecule has 0 spiro atoms. The second kappa shape index (κ2) is 6.72. The van der Waals surface area contributed by atoms with E-state index < -0.39 is 0 Å². The van der Waals surface area contributed by atoms with Crippen molar-refractivity contribution >= 4 is 6.21 Å². The summed E-state index contributed by atoms with van der Waals surface area (Å²) < 4.78 is 5.23. The standard InChI is InChI=1S/C16H17NO/c1-18-13-16(15-10-6-3-7-11-15)17-12-14-8-4-2-5-9-14/h2-12,16H,13H2,1H3. The Bertz CT molecular complexity index is 479. The van der Waals surface area contributed by atoms with Crippen molar-refractivity contribution in [2.24, 2.45) is 4.99 Å². The lowest BCUT2D eigenvalue weighted by molar-refractivity contribution is 0.182. The topological polar surface area (TPSA) is 21.6 Å². The van der Waals surface area contributed by atoms with Gasteiger partial charge >= 0.3 is 0 Å². The van der Waals surface area contributed by atoms with Crippen LogP contribution in [0.15, 0.2) is 65.7 Å². The molecule has 18 heavy (non-hydrogen) atoms. The fourth-order valence-corrected chi connectivity index (χ4v) is 1.77. The molecule has 0 amide bonds. The molecule has 0 saturated heterocycles. The number of methoxy groups -OCH3 is 1. The first-order valence-corrected chi connectivity index (χ1v) is 6.02. The van der Waals surface area contributed by atoms with Gasteiger partial charge in [-0.1, -0.05) is 60.7 Å². The molecule has 0 bridgehead atoms. The monoisotopic (exact) mass is 239 g/mol. The molecule has 92 valence electrons. The van der Waals surface area contributed by atoms with E-state index in [1.54, 1.807) is 7.11 Å². The third-order valence-corrected chi connectivity index (χ3v) is 2.71. The first-order chi connectivity index (χ1) is 8.90. The summed E-state index contributed by atoms with van der Waals surface area (Å²) in [7, 11) is 1.70. The van der Waals surface area contributed by atoms with Crippen LogP contribution in [0.5, 0.6) is 0 Å². The van der Waals surface area contributed by atoms with Gasteiger partial charge in [-0.05, 0) is 11.1 Å². The van der Waals surface area contributed by atoms with Gasteiger partial charge in [-0.2, -0.15) is 0 Å². The van der Waals surface area contributed by atoms with E-state index in [2.05, 4.69) is 17.1 Å². The van der Waals surface area contributed by atoms with E-state index >= 15 is 0 Å². The van der Waals surface area contributed by atoms with Crippen molar-refractivity contribution < 1.29 is 4.74 Å². The van der Waals surface area contributed by atoms with Crippen molar-refractivity contribution in [1.82, 2.24) is 0 Å². The van der Waals surface area contributed by atoms with Crippen molar-refractivity contribution in [1.29, 1.82) is 0 Å². The molecular formula is C16H17NO. The van der Waals surface area contributed by atoms with Gasteiger partial charge in [-0.15, -0.1) is 0 Å². The zero-order valence-electron chi connectivity index (χ0n) is 10.5. The van der Waals surface area contributed by atoms with Gasteiger partial charge in [-0.25, -0.2) is 0 Å². The van der Waals surface area contributed by atoms with E-state index in [4.69, 9.17) is 4.74 Å². The third kappa shape index (κ3) is 3.54. The molecule has 0 aliphatic rings. The molecule has 0 saturated carbocycles. The zero-order valence-corrected chi connectivity index (χ0v) is 10.5. The summed E-state index contributed by atoms with van der Waals surface area (Å²) in [5.41, 5.74) is 2.28. The molecule has 2 nitrogen and oxygen atoms in total. The Balaban J connectivity index is 2.14. The van der Waals surface area contributed by atoms with Crippen molar-refractivity contribution in [3.63, 3.8) is 0 Å². The summed E-state index contributed by atoms with van der Waals surface area (Å²) in [6, 6.07) is 20.4. The normalized spacial score (nSPS) is 12.7. The fraction of sp³-hybridized carbons (Fsp3) is 0.188. The van der Waals surface area contributed by atoms with Crippen molar-refractivity contribution in [3.8, 4) is 0 Å². The second-order valence-electron chi connectivity index (χ2n) is 4.07. The van der Waals surface area contributed by atoms with Crippen LogP contribution in [0.1, 0.15) is 17.2 Å². The number of ether oxygens (including phenoxy) is 1. The quantitative estimate of drug-likeness (QED) is 0.732. The van der Waals surface area contributed by atoms with Crippen LogP contribution < -0.4 is 0 Å². The van der Waals surface area contributed by atoms with Gasteiger partial charge in [0.2, 0.25) is 0 Å². The highest BCUT2D eigenvalue weighted by Crippen LogP contribution is 2.17. The molecule has 2 heteroatoms. The van der Waals surface area contributed by atoms with Gasteiger partial charge in [0.1, 0.15) is 0 Å². The Kier molecular flexibility index (Phi) is 4.68. The molecule has 0 aliphatic carbocycles. The molecule has 1 unspecified atom stereocenters. The van der Waals surface area contributed by atoms with Crippen LogP contribution in [0.25, 0.3) is 0 Å². The first kappa shape index (κ1) is 12.5. The molecule has 2 aromatic carbocycles. The largest absolute Gasteiger partial charge is 0.382 e. The molecule has 0 fully saturated rings. The molecule has 2 rings (SSSR count). The molecular weight excluding hydrogens is 222 g/mol. The summed E-state index contributed by atoms with van der Waals surface area (Å²) in [5, 5.41) is 0. The van der Waals surface area contributed by atoms with Crippen LogP contribution in [-0.2, 0) is 4.74 Å². The highest BCUT2D eigenvalue weighted by atomic mass is 16.5. The Hall–Kier alpha value is -1.93. The minimum atomic E-state index is 0.0522. The van der Waals surface area contributed by atoms with Crippen LogP contribution in [0.2, 0.25) is 0 Å². The SMILES string of the molecule is COCC(N=Cc1ccccc1)c1ccccc1. The average molecular weight is 239 g/mol. The minimum Gasteiger partial charge on any atom is -0.382 e. The third-order valence-electron chi connectivity index (χ3n) is 2.71. The lowest BCUT2D eigenvalue weighted by Crippen LogP contribution is -2.04. The van der Waals surface area contributed by atoms with Crippen LogP contribution >= 0.6 is 0 Å². The maximum atomic E-state index is 5.23. The van der Waals surface area contributed by atoms with Crippen molar-refractivity contribution in [2.75, 3.05) is 13.7 Å².